The van der Waals surface area contributed by atoms with Gasteiger partial charge in [0.05, 0.1) is 13.9 Å². The third-order valence-corrected chi connectivity index (χ3v) is 9.51. The summed E-state index contributed by atoms with van der Waals surface area (Å²) < 4.78 is 33.7. The predicted molar refractivity (Wildman–Crippen MR) is 106 cm³/mol. The number of halogens is 1. The maximum Gasteiger partial charge on any atom is 1.00 e. The maximum absolute atomic E-state index is 17.1. The molecule has 0 spiro atoms. The van der Waals surface area contributed by atoms with Crippen LogP contribution in [0.1, 0.15) is 46.5 Å². The summed E-state index contributed by atoms with van der Waals surface area (Å²) in [6.45, 7) is 3.68. The quantitative estimate of drug-likeness (QED) is 0.279. The monoisotopic (exact) mass is 516 g/mol. The van der Waals surface area contributed by atoms with Gasteiger partial charge in [-0.3, -0.25) is 9.59 Å². The summed E-state index contributed by atoms with van der Waals surface area (Å²) in [6.07, 6.45) is 3.08. The molecular weight excluding hydrogens is 488 g/mol. The van der Waals surface area contributed by atoms with Gasteiger partial charge in [0, 0.05) is 16.7 Å². The molecule has 2 N–H and O–H groups in total. The van der Waals surface area contributed by atoms with Gasteiger partial charge in [0.25, 0.3) is 0 Å². The summed E-state index contributed by atoms with van der Waals surface area (Å²) in [5.74, 6) is -3.40. The van der Waals surface area contributed by atoms with Crippen molar-refractivity contribution in [3.63, 3.8) is 0 Å². The van der Waals surface area contributed by atoms with Crippen LogP contribution in [-0.2, 0) is 18.7 Å². The van der Waals surface area contributed by atoms with Crippen LogP contribution in [0.4, 0.5) is 4.39 Å². The molecule has 0 radical (unpaired) electrons. The number of phosphoric acid groups is 1. The fourth-order valence-corrected chi connectivity index (χ4v) is 8.51. The maximum atomic E-state index is 17.1. The molecule has 0 heterocycles. The number of aliphatic hydroxyl groups is 2. The van der Waals surface area contributed by atoms with E-state index in [1.54, 1.807) is 20.8 Å². The Bertz CT molecular complexity index is 984. The van der Waals surface area contributed by atoms with E-state index >= 15 is 4.39 Å². The van der Waals surface area contributed by atoms with Crippen molar-refractivity contribution < 1.29 is 102 Å². The van der Waals surface area contributed by atoms with Gasteiger partial charge in [0.15, 0.2) is 17.2 Å². The van der Waals surface area contributed by atoms with E-state index in [2.05, 4.69) is 0 Å². The van der Waals surface area contributed by atoms with E-state index in [1.165, 1.54) is 18.2 Å². The van der Waals surface area contributed by atoms with Crippen LogP contribution in [0, 0.1) is 28.6 Å². The van der Waals surface area contributed by atoms with Crippen molar-refractivity contribution >= 4 is 19.4 Å². The molecule has 0 amide bonds. The van der Waals surface area contributed by atoms with E-state index in [0.29, 0.717) is 12.0 Å². The van der Waals surface area contributed by atoms with Gasteiger partial charge in [-0.25, -0.2) is 4.39 Å². The van der Waals surface area contributed by atoms with Gasteiger partial charge in [0.2, 0.25) is 0 Å². The minimum atomic E-state index is -5.67. The molecule has 0 saturated heterocycles. The average Bonchev–Trinajstić information content (AvgIpc) is 2.90. The second kappa shape index (κ2) is 9.83. The van der Waals surface area contributed by atoms with Crippen LogP contribution in [-0.4, -0.2) is 45.8 Å². The van der Waals surface area contributed by atoms with Crippen molar-refractivity contribution in [1.29, 1.82) is 0 Å². The number of carbonyl (C=O) groups is 2. The second-order valence-corrected chi connectivity index (χ2v) is 11.3. The zero-order valence-corrected chi connectivity index (χ0v) is 25.1. The molecule has 0 aliphatic heterocycles. The van der Waals surface area contributed by atoms with Crippen LogP contribution < -0.4 is 68.9 Å². The first kappa shape index (κ1) is 31.0. The topological polar surface area (TPSA) is 147 Å². The zero-order chi connectivity index (χ0) is 23.9. The number of carbonyl (C=O) groups excluding carboxylic acids is 2. The molecule has 12 heteroatoms. The van der Waals surface area contributed by atoms with Crippen molar-refractivity contribution in [1.82, 2.24) is 0 Å². The first-order valence-electron chi connectivity index (χ1n) is 10.9. The fourth-order valence-electron chi connectivity index (χ4n) is 7.66. The summed E-state index contributed by atoms with van der Waals surface area (Å²) in [5.41, 5.74) is -6.41. The standard InChI is InChI=1S/C22H30FO8P.2Na/c1-12-8-16-15-5-4-13-9-14(25)6-7-19(13,2)21(15,23)17(26)10-20(16,3)22(12,18(27)11-24)31-32(28,29)30;;/h6-7,9,12,15-17,24,26H,4-5,8,10-11H2,1-3H3,(H2,28,29,30);;/q;2*+1/p-2/t12-,15-,16-,17-,19-,20-,21-,22-;;/m0../s1. The summed E-state index contributed by atoms with van der Waals surface area (Å²) in [7, 11) is -5.67. The van der Waals surface area contributed by atoms with Crippen LogP contribution in [0.2, 0.25) is 0 Å². The van der Waals surface area contributed by atoms with E-state index in [1.807, 2.05) is 0 Å². The smallest absolute Gasteiger partial charge is 0.790 e. The van der Waals surface area contributed by atoms with Crippen molar-refractivity contribution in [3.05, 3.63) is 23.8 Å². The fraction of sp³-hybridized carbons (Fsp3) is 0.727. The number of ketones is 2. The first-order chi connectivity index (χ1) is 14.7. The second-order valence-electron chi connectivity index (χ2n) is 10.3. The van der Waals surface area contributed by atoms with Crippen LogP contribution in [0.3, 0.4) is 0 Å². The molecule has 4 aliphatic carbocycles. The van der Waals surface area contributed by atoms with Gasteiger partial charge in [-0.1, -0.05) is 25.5 Å². The molecule has 8 nitrogen and oxygen atoms in total. The Morgan fingerprint density at radius 3 is 2.47 bits per heavy atom. The largest absolute Gasteiger partial charge is 1.00 e. The number of allylic oxidation sites excluding steroid dienone is 4. The van der Waals surface area contributed by atoms with Crippen molar-refractivity contribution in [2.75, 3.05) is 6.61 Å². The van der Waals surface area contributed by atoms with Gasteiger partial charge in [-0.05, 0) is 56.6 Å². The number of fused-ring (bicyclic) bond motifs is 5. The molecule has 0 aromatic rings. The van der Waals surface area contributed by atoms with Gasteiger partial charge in [-0.2, -0.15) is 0 Å². The SMILES string of the molecule is C[C@H]1C[C@H]2[C@@H]3CCC4=CC(=O)C=C[C@]4(C)[C@@]3(F)[C@@H](O)C[C@]2(C)[C@@]1(OP(=O)([O-])[O-])C(=O)CO.[Na+].[Na+]. The zero-order valence-electron chi connectivity index (χ0n) is 20.2. The van der Waals surface area contributed by atoms with E-state index in [4.69, 9.17) is 4.52 Å². The third kappa shape index (κ3) is 4.02. The Balaban J connectivity index is 0.00000204. The molecule has 8 atom stereocenters. The number of hydrogen-bond acceptors (Lipinski definition) is 8. The number of phosphoric ester groups is 1. The molecular formula is C22H28FNa2O8P. The van der Waals surface area contributed by atoms with E-state index in [0.717, 1.165) is 0 Å². The number of Topliss-reactive ketones (excluding diaryl/α,β-unsaturated/α-hetero) is 1. The Morgan fingerprint density at radius 2 is 1.91 bits per heavy atom. The Kier molecular flexibility index (Phi) is 8.96. The first-order valence-corrected chi connectivity index (χ1v) is 12.3. The molecule has 0 bridgehead atoms. The van der Waals surface area contributed by atoms with Crippen LogP contribution in [0.5, 0.6) is 0 Å². The average molecular weight is 516 g/mol. The normalized spacial score (nSPS) is 45.2. The van der Waals surface area contributed by atoms with Crippen LogP contribution >= 0.6 is 7.82 Å². The number of aliphatic hydroxyl groups excluding tert-OH is 2. The van der Waals surface area contributed by atoms with Gasteiger partial charge < -0.3 is 29.1 Å². The van der Waals surface area contributed by atoms with E-state index < -0.39 is 66.2 Å². The van der Waals surface area contributed by atoms with Gasteiger partial charge in [0.1, 0.15) is 12.2 Å². The molecule has 3 fully saturated rings. The Morgan fingerprint density at radius 1 is 1.29 bits per heavy atom. The minimum Gasteiger partial charge on any atom is -0.790 e. The van der Waals surface area contributed by atoms with E-state index in [-0.39, 0.29) is 84.2 Å². The molecule has 0 unspecified atom stereocenters. The molecule has 4 aliphatic rings. The molecule has 0 aromatic carbocycles. The Hall–Kier alpha value is 0.780. The predicted octanol–water partition coefficient (Wildman–Crippen LogP) is -5.24. The molecule has 178 valence electrons. The number of alkyl halides is 1. The summed E-state index contributed by atoms with van der Waals surface area (Å²) in [5, 5.41) is 20.9. The van der Waals surface area contributed by atoms with Crippen LogP contribution in [0.15, 0.2) is 23.8 Å². The molecule has 0 aromatic heterocycles. The van der Waals surface area contributed by atoms with Gasteiger partial charge in [-0.15, -0.1) is 0 Å². The molecule has 3 saturated carbocycles. The summed E-state index contributed by atoms with van der Waals surface area (Å²) in [4.78, 5) is 48.3. The number of hydrogen-bond donors (Lipinski definition) is 2. The number of rotatable bonds is 4. The molecule has 34 heavy (non-hydrogen) atoms. The third-order valence-electron chi connectivity index (χ3n) is 8.99. The van der Waals surface area contributed by atoms with Crippen LogP contribution in [0.25, 0.3) is 0 Å². The van der Waals surface area contributed by atoms with Crippen molar-refractivity contribution in [2.45, 2.75) is 63.8 Å². The summed E-state index contributed by atoms with van der Waals surface area (Å²) in [6, 6.07) is 0. The van der Waals surface area contributed by atoms with Crippen molar-refractivity contribution in [2.24, 2.45) is 28.6 Å². The molecule has 4 rings (SSSR count). The van der Waals surface area contributed by atoms with Crippen molar-refractivity contribution in [3.8, 4) is 0 Å². The van der Waals surface area contributed by atoms with E-state index in [9.17, 15) is 34.2 Å². The Labute approximate surface area is 242 Å². The van der Waals surface area contributed by atoms with Gasteiger partial charge >= 0.3 is 59.1 Å². The minimum absolute atomic E-state index is 0. The summed E-state index contributed by atoms with van der Waals surface area (Å²) >= 11 is 0.